The first-order chi connectivity index (χ1) is 12.5. The average Bonchev–Trinajstić information content (AvgIpc) is 2.92. The summed E-state index contributed by atoms with van der Waals surface area (Å²) in [6, 6.07) is 12.3. The zero-order chi connectivity index (χ0) is 18.3. The van der Waals surface area contributed by atoms with Gasteiger partial charge in [0.15, 0.2) is 0 Å². The highest BCUT2D eigenvalue weighted by Gasteiger charge is 2.29. The number of anilines is 1. The van der Waals surface area contributed by atoms with Crippen LogP contribution in [-0.2, 0) is 0 Å². The monoisotopic (exact) mass is 371 g/mol. The van der Waals surface area contributed by atoms with Crippen LogP contribution in [0.5, 0.6) is 0 Å². The highest BCUT2D eigenvalue weighted by molar-refractivity contribution is 6.31. The van der Waals surface area contributed by atoms with Crippen LogP contribution in [0, 0.1) is 5.82 Å². The molecule has 0 aliphatic carbocycles. The van der Waals surface area contributed by atoms with E-state index in [1.807, 2.05) is 54.6 Å². The Morgan fingerprint density at radius 3 is 2.77 bits per heavy atom. The predicted molar refractivity (Wildman–Crippen MR) is 102 cm³/mol. The minimum atomic E-state index is -0.296. The lowest BCUT2D eigenvalue weighted by molar-refractivity contribution is 0.189. The minimum Gasteiger partial charge on any atom is -0.291 e. The number of hydrazine groups is 2. The highest BCUT2D eigenvalue weighted by Crippen LogP contribution is 2.33. The van der Waals surface area contributed by atoms with Crippen molar-refractivity contribution in [3.63, 3.8) is 0 Å². The van der Waals surface area contributed by atoms with Gasteiger partial charge in [0.05, 0.1) is 30.3 Å². The van der Waals surface area contributed by atoms with E-state index in [0.717, 1.165) is 16.9 Å². The second-order valence-corrected chi connectivity index (χ2v) is 6.99. The van der Waals surface area contributed by atoms with E-state index >= 15 is 0 Å². The molecule has 0 aromatic heterocycles. The number of aliphatic imine (C=N–C) groups is 1. The minimum absolute atomic E-state index is 0.296. The van der Waals surface area contributed by atoms with Gasteiger partial charge in [0.1, 0.15) is 5.82 Å². The molecule has 5 nitrogen and oxygen atoms in total. The Morgan fingerprint density at radius 1 is 1.19 bits per heavy atom. The van der Waals surface area contributed by atoms with E-state index in [9.17, 15) is 4.39 Å². The molecule has 0 amide bonds. The molecular weight excluding hydrogens is 353 g/mol. The molecule has 0 radical (unpaired) electrons. The molecule has 26 heavy (non-hydrogen) atoms. The maximum Gasteiger partial charge on any atom is 0.132 e. The van der Waals surface area contributed by atoms with E-state index in [4.69, 9.17) is 16.6 Å². The van der Waals surface area contributed by atoms with Gasteiger partial charge >= 0.3 is 0 Å². The van der Waals surface area contributed by atoms with Crippen molar-refractivity contribution >= 4 is 23.0 Å². The van der Waals surface area contributed by atoms with Crippen LogP contribution in [0.15, 0.2) is 59.4 Å². The van der Waals surface area contributed by atoms with Crippen LogP contribution in [0.25, 0.3) is 0 Å². The molecule has 0 atom stereocenters. The summed E-state index contributed by atoms with van der Waals surface area (Å²) in [6.07, 6.45) is 2.02. The standard InChI is InChI=1S/C19H19ClFN5/c1-24(2)12-25-11-14-10-22-19(15-5-3-4-6-17(15)21)16-9-13(20)7-8-18(16)26(14)23-25/h3-9,11,23H,10,12H2,1-2H3. The predicted octanol–water partition coefficient (Wildman–Crippen LogP) is 3.23. The molecule has 0 spiro atoms. The lowest BCUT2D eigenvalue weighted by atomic mass is 10.00. The third-order valence-electron chi connectivity index (χ3n) is 4.24. The molecule has 2 aromatic rings. The molecule has 134 valence electrons. The van der Waals surface area contributed by atoms with Crippen molar-refractivity contribution in [3.8, 4) is 0 Å². The molecule has 0 bridgehead atoms. The summed E-state index contributed by atoms with van der Waals surface area (Å²) in [5, 5.41) is 4.55. The van der Waals surface area contributed by atoms with Crippen molar-refractivity contribution < 1.29 is 4.39 Å². The summed E-state index contributed by atoms with van der Waals surface area (Å²) < 4.78 is 14.4. The fourth-order valence-electron chi connectivity index (χ4n) is 3.18. The first kappa shape index (κ1) is 17.0. The van der Waals surface area contributed by atoms with Crippen molar-refractivity contribution in [2.75, 3.05) is 32.3 Å². The number of halogens is 2. The second kappa shape index (κ2) is 6.72. The van der Waals surface area contributed by atoms with Gasteiger partial charge in [0.25, 0.3) is 0 Å². The molecule has 2 aromatic carbocycles. The molecule has 2 aliphatic rings. The Balaban J connectivity index is 1.82. The van der Waals surface area contributed by atoms with Gasteiger partial charge in [0, 0.05) is 22.3 Å². The van der Waals surface area contributed by atoms with Gasteiger partial charge in [-0.05, 0) is 44.4 Å². The van der Waals surface area contributed by atoms with Crippen LogP contribution >= 0.6 is 11.6 Å². The number of hydrogen-bond donors (Lipinski definition) is 1. The summed E-state index contributed by atoms with van der Waals surface area (Å²) in [5.41, 5.74) is 7.11. The Bertz CT molecular complexity index is 909. The number of fused-ring (bicyclic) bond motifs is 3. The van der Waals surface area contributed by atoms with E-state index in [-0.39, 0.29) is 5.82 Å². The first-order valence-corrected chi connectivity index (χ1v) is 8.68. The van der Waals surface area contributed by atoms with E-state index in [1.165, 1.54) is 6.07 Å². The number of rotatable bonds is 3. The van der Waals surface area contributed by atoms with Gasteiger partial charge < -0.3 is 0 Å². The zero-order valence-corrected chi connectivity index (χ0v) is 15.3. The molecule has 0 saturated carbocycles. The smallest absolute Gasteiger partial charge is 0.132 e. The third-order valence-corrected chi connectivity index (χ3v) is 4.47. The van der Waals surface area contributed by atoms with E-state index in [2.05, 4.69) is 10.4 Å². The van der Waals surface area contributed by atoms with Gasteiger partial charge in [0.2, 0.25) is 0 Å². The summed E-state index contributed by atoms with van der Waals surface area (Å²) >= 11 is 6.24. The van der Waals surface area contributed by atoms with Crippen molar-refractivity contribution in [2.24, 2.45) is 4.99 Å². The fourth-order valence-corrected chi connectivity index (χ4v) is 3.35. The lowest BCUT2D eigenvalue weighted by Gasteiger charge is -2.27. The summed E-state index contributed by atoms with van der Waals surface area (Å²) in [6.45, 7) is 1.15. The summed E-state index contributed by atoms with van der Waals surface area (Å²) in [7, 11) is 4.01. The maximum atomic E-state index is 14.4. The number of hydrogen-bond acceptors (Lipinski definition) is 5. The van der Waals surface area contributed by atoms with E-state index < -0.39 is 0 Å². The van der Waals surface area contributed by atoms with E-state index in [1.54, 1.807) is 12.1 Å². The van der Waals surface area contributed by atoms with Crippen LogP contribution in [0.4, 0.5) is 10.1 Å². The highest BCUT2D eigenvalue weighted by atomic mass is 35.5. The number of nitrogens with one attached hydrogen (secondary N) is 1. The van der Waals surface area contributed by atoms with Crippen LogP contribution in [0.2, 0.25) is 5.02 Å². The van der Waals surface area contributed by atoms with Gasteiger partial charge in [-0.25, -0.2) is 4.39 Å². The molecule has 2 heterocycles. The van der Waals surface area contributed by atoms with Gasteiger partial charge in [-0.2, -0.15) is 0 Å². The Kier molecular flexibility index (Phi) is 4.40. The zero-order valence-electron chi connectivity index (χ0n) is 14.6. The Hall–Kier alpha value is -2.41. The first-order valence-electron chi connectivity index (χ1n) is 8.30. The van der Waals surface area contributed by atoms with Gasteiger partial charge in [-0.1, -0.05) is 23.7 Å². The van der Waals surface area contributed by atoms with Crippen molar-refractivity contribution in [1.29, 1.82) is 0 Å². The van der Waals surface area contributed by atoms with Crippen LogP contribution in [0.1, 0.15) is 11.1 Å². The van der Waals surface area contributed by atoms with Crippen molar-refractivity contribution in [2.45, 2.75) is 0 Å². The molecule has 1 N–H and O–H groups in total. The van der Waals surface area contributed by atoms with Crippen LogP contribution < -0.4 is 10.5 Å². The van der Waals surface area contributed by atoms with Gasteiger partial charge in [-0.3, -0.25) is 19.9 Å². The number of benzene rings is 2. The molecule has 0 saturated heterocycles. The largest absolute Gasteiger partial charge is 0.291 e. The quantitative estimate of drug-likeness (QED) is 0.898. The lowest BCUT2D eigenvalue weighted by Crippen LogP contribution is -2.44. The van der Waals surface area contributed by atoms with Crippen molar-refractivity contribution in [3.05, 3.63) is 76.3 Å². The number of nitrogens with zero attached hydrogens (tertiary/aromatic N) is 4. The van der Waals surface area contributed by atoms with Crippen LogP contribution in [-0.4, -0.2) is 42.9 Å². The topological polar surface area (TPSA) is 34.1 Å². The van der Waals surface area contributed by atoms with Gasteiger partial charge in [-0.15, -0.1) is 5.53 Å². The molecule has 0 fully saturated rings. The SMILES string of the molecule is CN(C)CN1C=C2CN=C(c3ccccc3F)c3cc(Cl)ccc3N2N1. The molecular formula is C19H19ClFN5. The average molecular weight is 372 g/mol. The molecule has 0 unspecified atom stereocenters. The van der Waals surface area contributed by atoms with Crippen molar-refractivity contribution in [1.82, 2.24) is 15.4 Å². The van der Waals surface area contributed by atoms with Crippen LogP contribution in [0.3, 0.4) is 0 Å². The molecule has 2 aliphatic heterocycles. The van der Waals surface area contributed by atoms with E-state index in [0.29, 0.717) is 29.5 Å². The molecule has 4 rings (SSSR count). The maximum absolute atomic E-state index is 14.4. The fraction of sp³-hybridized carbons (Fsp3) is 0.211. The Morgan fingerprint density at radius 2 is 2.00 bits per heavy atom. The molecule has 7 heteroatoms. The Labute approximate surface area is 156 Å². The summed E-state index contributed by atoms with van der Waals surface area (Å²) in [5.74, 6) is -0.296. The normalized spacial score (nSPS) is 16.2. The second-order valence-electron chi connectivity index (χ2n) is 6.55. The third kappa shape index (κ3) is 3.07. The summed E-state index contributed by atoms with van der Waals surface area (Å²) in [4.78, 5) is 6.78.